The minimum absolute atomic E-state index is 0.331. The summed E-state index contributed by atoms with van der Waals surface area (Å²) < 4.78 is 0. The third-order valence-electron chi connectivity index (χ3n) is 12.8. The SMILES string of the molecule is CC1(C)c2c(-c3ccccc3)nc(-c3cccc(-c4cccc(-c5ccc6c7ccccc7c7ccccc7c6c5)c4)c3)nc2-c2c1c1ccccc1c1ccccc21. The van der Waals surface area contributed by atoms with E-state index < -0.39 is 0 Å². The van der Waals surface area contributed by atoms with Gasteiger partial charge in [-0.05, 0) is 99.9 Å². The van der Waals surface area contributed by atoms with Crippen LogP contribution in [0.4, 0.5) is 0 Å². The van der Waals surface area contributed by atoms with E-state index in [1.165, 1.54) is 81.7 Å². The highest BCUT2D eigenvalue weighted by atomic mass is 14.9. The van der Waals surface area contributed by atoms with Gasteiger partial charge in [-0.3, -0.25) is 0 Å². The van der Waals surface area contributed by atoms with E-state index in [0.717, 1.165) is 39.5 Å². The van der Waals surface area contributed by atoms with Gasteiger partial charge < -0.3 is 0 Å². The highest BCUT2D eigenvalue weighted by Crippen LogP contribution is 2.56. The lowest BCUT2D eigenvalue weighted by Crippen LogP contribution is -2.18. The molecule has 11 aromatic rings. The Morgan fingerprint density at radius 1 is 0.288 bits per heavy atom. The van der Waals surface area contributed by atoms with Gasteiger partial charge in [0.1, 0.15) is 0 Å². The van der Waals surface area contributed by atoms with Crippen LogP contribution in [0.15, 0.2) is 194 Å². The first-order valence-electron chi connectivity index (χ1n) is 20.5. The van der Waals surface area contributed by atoms with Crippen molar-refractivity contribution in [1.82, 2.24) is 9.97 Å². The average molecular weight is 751 g/mol. The van der Waals surface area contributed by atoms with Crippen molar-refractivity contribution in [2.45, 2.75) is 19.3 Å². The van der Waals surface area contributed by atoms with E-state index in [2.05, 4.69) is 208 Å². The minimum Gasteiger partial charge on any atom is -0.228 e. The van der Waals surface area contributed by atoms with Crippen molar-refractivity contribution in [2.75, 3.05) is 0 Å². The Morgan fingerprint density at radius 2 is 0.695 bits per heavy atom. The number of nitrogens with zero attached hydrogens (tertiary/aromatic N) is 2. The van der Waals surface area contributed by atoms with Crippen LogP contribution in [0.5, 0.6) is 0 Å². The highest BCUT2D eigenvalue weighted by Gasteiger charge is 2.42. The normalized spacial score (nSPS) is 13.1. The number of rotatable bonds is 4. The standard InChI is InChI=1S/C57H38N2/c1-57(2)52-49-29-13-11-26-45(49)44-25-10-12-28-48(44)51(52)55-53(57)54(35-16-4-3-5-17-35)58-56(59-55)40-21-15-20-38(33-40)36-18-14-19-37(32-36)39-30-31-47-43-24-7-6-22-41(43)42-23-8-9-27-46(42)50(47)34-39/h3-34H,1-2H3. The number of hydrogen-bond acceptors (Lipinski definition) is 2. The van der Waals surface area contributed by atoms with Crippen LogP contribution < -0.4 is 0 Å². The Kier molecular flexibility index (Phi) is 7.31. The zero-order valence-corrected chi connectivity index (χ0v) is 32.9. The Balaban J connectivity index is 1.02. The molecule has 59 heavy (non-hydrogen) atoms. The van der Waals surface area contributed by atoms with Crippen LogP contribution in [0.3, 0.4) is 0 Å². The second-order valence-electron chi connectivity index (χ2n) is 16.5. The fraction of sp³-hybridized carbons (Fsp3) is 0.0526. The summed E-state index contributed by atoms with van der Waals surface area (Å²) in [5.74, 6) is 0.732. The van der Waals surface area contributed by atoms with Gasteiger partial charge in [-0.2, -0.15) is 0 Å². The lowest BCUT2D eigenvalue weighted by molar-refractivity contribution is 0.664. The number of aromatic nitrogens is 2. The third kappa shape index (κ3) is 5.06. The predicted octanol–water partition coefficient (Wildman–Crippen LogP) is 15.2. The van der Waals surface area contributed by atoms with Crippen LogP contribution in [0, 0.1) is 0 Å². The zero-order chi connectivity index (χ0) is 39.2. The summed E-state index contributed by atoms with van der Waals surface area (Å²) in [7, 11) is 0. The molecule has 0 saturated heterocycles. The third-order valence-corrected chi connectivity index (χ3v) is 12.8. The molecule has 0 fully saturated rings. The van der Waals surface area contributed by atoms with Gasteiger partial charge in [-0.25, -0.2) is 9.97 Å². The van der Waals surface area contributed by atoms with E-state index in [4.69, 9.17) is 9.97 Å². The molecule has 0 atom stereocenters. The van der Waals surface area contributed by atoms with E-state index in [0.29, 0.717) is 0 Å². The maximum Gasteiger partial charge on any atom is 0.160 e. The number of fused-ring (bicyclic) bond motifs is 14. The molecule has 1 aliphatic rings. The summed E-state index contributed by atoms with van der Waals surface area (Å²) >= 11 is 0. The molecule has 10 aromatic carbocycles. The van der Waals surface area contributed by atoms with Crippen LogP contribution in [0.1, 0.15) is 25.0 Å². The first-order chi connectivity index (χ1) is 29.0. The van der Waals surface area contributed by atoms with Crippen LogP contribution in [0.25, 0.3) is 110 Å². The molecule has 0 N–H and O–H groups in total. The van der Waals surface area contributed by atoms with Gasteiger partial charge in [-0.15, -0.1) is 0 Å². The van der Waals surface area contributed by atoms with Crippen molar-refractivity contribution in [3.63, 3.8) is 0 Å². The van der Waals surface area contributed by atoms with Crippen molar-refractivity contribution in [3.8, 4) is 56.2 Å². The molecule has 0 spiro atoms. The number of benzene rings is 10. The zero-order valence-electron chi connectivity index (χ0n) is 32.9. The molecular formula is C57H38N2. The van der Waals surface area contributed by atoms with E-state index in [9.17, 15) is 0 Å². The average Bonchev–Trinajstić information content (AvgIpc) is 3.55. The fourth-order valence-corrected chi connectivity index (χ4v) is 10.1. The maximum atomic E-state index is 5.57. The van der Waals surface area contributed by atoms with Gasteiger partial charge in [0.05, 0.1) is 11.4 Å². The van der Waals surface area contributed by atoms with Crippen LogP contribution in [-0.2, 0) is 5.41 Å². The van der Waals surface area contributed by atoms with Gasteiger partial charge in [0.15, 0.2) is 5.82 Å². The van der Waals surface area contributed by atoms with Crippen molar-refractivity contribution in [2.24, 2.45) is 0 Å². The molecule has 276 valence electrons. The first-order valence-corrected chi connectivity index (χ1v) is 20.5. The summed E-state index contributed by atoms with van der Waals surface area (Å²) in [5, 5.41) is 12.7. The second kappa shape index (κ2) is 12.8. The molecule has 0 amide bonds. The maximum absolute atomic E-state index is 5.57. The fourth-order valence-electron chi connectivity index (χ4n) is 10.1. The number of hydrogen-bond donors (Lipinski definition) is 0. The van der Waals surface area contributed by atoms with Crippen LogP contribution in [-0.4, -0.2) is 9.97 Å². The topological polar surface area (TPSA) is 25.8 Å². The Bertz CT molecular complexity index is 3490. The van der Waals surface area contributed by atoms with Gasteiger partial charge in [-0.1, -0.05) is 190 Å². The van der Waals surface area contributed by atoms with Crippen molar-refractivity contribution in [1.29, 1.82) is 0 Å². The van der Waals surface area contributed by atoms with E-state index in [1.54, 1.807) is 0 Å². The second-order valence-corrected chi connectivity index (χ2v) is 16.5. The van der Waals surface area contributed by atoms with Crippen molar-refractivity contribution < 1.29 is 0 Å². The summed E-state index contributed by atoms with van der Waals surface area (Å²) in [6, 6.07) is 70.5. The van der Waals surface area contributed by atoms with Gasteiger partial charge in [0.25, 0.3) is 0 Å². The molecule has 0 unspecified atom stereocenters. The van der Waals surface area contributed by atoms with E-state index in [1.807, 2.05) is 0 Å². The summed E-state index contributed by atoms with van der Waals surface area (Å²) in [5.41, 5.74) is 12.2. The van der Waals surface area contributed by atoms with Crippen molar-refractivity contribution >= 4 is 53.9 Å². The first kappa shape index (κ1) is 33.7. The monoisotopic (exact) mass is 750 g/mol. The molecule has 2 heteroatoms. The van der Waals surface area contributed by atoms with Crippen LogP contribution in [0.2, 0.25) is 0 Å². The largest absolute Gasteiger partial charge is 0.228 e. The molecule has 1 aliphatic carbocycles. The quantitative estimate of drug-likeness (QED) is 0.167. The predicted molar refractivity (Wildman–Crippen MR) is 249 cm³/mol. The molecule has 0 aliphatic heterocycles. The van der Waals surface area contributed by atoms with Crippen LogP contribution >= 0.6 is 0 Å². The molecular weight excluding hydrogens is 713 g/mol. The molecule has 0 radical (unpaired) electrons. The lowest BCUT2D eigenvalue weighted by atomic mass is 9.78. The Labute approximate surface area is 343 Å². The van der Waals surface area contributed by atoms with Gasteiger partial charge in [0, 0.05) is 27.7 Å². The Hall–Kier alpha value is -7.42. The van der Waals surface area contributed by atoms with E-state index in [-0.39, 0.29) is 5.41 Å². The molecule has 0 saturated carbocycles. The highest BCUT2D eigenvalue weighted by molar-refractivity contribution is 6.26. The molecule has 1 aromatic heterocycles. The van der Waals surface area contributed by atoms with Crippen molar-refractivity contribution in [3.05, 3.63) is 205 Å². The van der Waals surface area contributed by atoms with E-state index >= 15 is 0 Å². The summed E-state index contributed by atoms with van der Waals surface area (Å²) in [6.07, 6.45) is 0. The molecule has 12 rings (SSSR count). The van der Waals surface area contributed by atoms with Gasteiger partial charge >= 0.3 is 0 Å². The summed E-state index contributed by atoms with van der Waals surface area (Å²) in [6.45, 7) is 4.70. The molecule has 0 bridgehead atoms. The molecule has 1 heterocycles. The summed E-state index contributed by atoms with van der Waals surface area (Å²) in [4.78, 5) is 11.1. The Morgan fingerprint density at radius 3 is 1.31 bits per heavy atom. The lowest BCUT2D eigenvalue weighted by Gasteiger charge is -2.25. The van der Waals surface area contributed by atoms with Gasteiger partial charge in [0.2, 0.25) is 0 Å². The minimum atomic E-state index is -0.331. The smallest absolute Gasteiger partial charge is 0.160 e. The molecule has 2 nitrogen and oxygen atoms in total.